The minimum Gasteiger partial charge on any atom is -0.257 e. The summed E-state index contributed by atoms with van der Waals surface area (Å²) in [6.45, 7) is 2.10. The van der Waals surface area contributed by atoms with E-state index < -0.39 is 10.0 Å². The lowest BCUT2D eigenvalue weighted by Crippen LogP contribution is -2.26. The molecule has 4 nitrogen and oxygen atoms in total. The molecule has 0 fully saturated rings. The molecule has 0 saturated carbocycles. The first kappa shape index (κ1) is 16.9. The van der Waals surface area contributed by atoms with E-state index in [1.165, 1.54) is 15.6 Å². The van der Waals surface area contributed by atoms with E-state index in [4.69, 9.17) is 11.6 Å². The smallest absolute Gasteiger partial charge is 0.245 e. The van der Waals surface area contributed by atoms with Crippen LogP contribution in [0.3, 0.4) is 0 Å². The zero-order chi connectivity index (χ0) is 15.6. The van der Waals surface area contributed by atoms with E-state index >= 15 is 0 Å². The Hall–Kier alpha value is -0.470. The summed E-state index contributed by atoms with van der Waals surface area (Å²) in [7, 11) is -2.03. The van der Waals surface area contributed by atoms with Crippen molar-refractivity contribution in [2.24, 2.45) is 0 Å². The zero-order valence-electron chi connectivity index (χ0n) is 11.5. The molecule has 8 heteroatoms. The molecule has 0 spiro atoms. The van der Waals surface area contributed by atoms with E-state index in [1.54, 1.807) is 13.1 Å². The summed E-state index contributed by atoms with van der Waals surface area (Å²) in [4.78, 5) is 5.39. The molecule has 0 saturated heterocycles. The summed E-state index contributed by atoms with van der Waals surface area (Å²) in [5.74, 6) is 0.294. The van der Waals surface area contributed by atoms with Crippen LogP contribution in [0.1, 0.15) is 16.3 Å². The Balaban J connectivity index is 2.28. The SMILES string of the molecule is Cc1cccc(CN(C)S(=O)(=O)c2cc(CCl)sc2Br)n1. The second-order valence-electron chi connectivity index (χ2n) is 4.52. The number of pyridine rings is 1. The Morgan fingerprint density at radius 2 is 2.14 bits per heavy atom. The van der Waals surface area contributed by atoms with Gasteiger partial charge in [-0.05, 0) is 41.1 Å². The molecule has 2 aromatic rings. The summed E-state index contributed by atoms with van der Waals surface area (Å²) < 4.78 is 27.1. The van der Waals surface area contributed by atoms with Crippen LogP contribution in [0.2, 0.25) is 0 Å². The number of hydrogen-bond acceptors (Lipinski definition) is 4. The van der Waals surface area contributed by atoms with Crippen LogP contribution in [0, 0.1) is 6.92 Å². The van der Waals surface area contributed by atoms with Crippen molar-refractivity contribution in [3.8, 4) is 0 Å². The van der Waals surface area contributed by atoms with Crippen molar-refractivity contribution in [2.75, 3.05) is 7.05 Å². The molecule has 0 N–H and O–H groups in total. The molecule has 0 aliphatic carbocycles. The van der Waals surface area contributed by atoms with Crippen LogP contribution in [0.15, 0.2) is 32.9 Å². The summed E-state index contributed by atoms with van der Waals surface area (Å²) in [5.41, 5.74) is 1.57. The number of thiophene rings is 1. The minimum atomic E-state index is -3.57. The molecule has 2 heterocycles. The van der Waals surface area contributed by atoms with Crippen molar-refractivity contribution >= 4 is 48.9 Å². The van der Waals surface area contributed by atoms with E-state index in [0.29, 0.717) is 15.4 Å². The summed E-state index contributed by atoms with van der Waals surface area (Å²) in [6, 6.07) is 7.16. The number of rotatable bonds is 5. The first-order valence-electron chi connectivity index (χ1n) is 6.07. The van der Waals surface area contributed by atoms with Crippen LogP contribution < -0.4 is 0 Å². The molecular formula is C13H14BrClN2O2S2. The van der Waals surface area contributed by atoms with Crippen molar-refractivity contribution in [2.45, 2.75) is 24.2 Å². The molecule has 0 radical (unpaired) electrons. The predicted molar refractivity (Wildman–Crippen MR) is 89.2 cm³/mol. The number of hydrogen-bond donors (Lipinski definition) is 0. The van der Waals surface area contributed by atoms with Crippen molar-refractivity contribution < 1.29 is 8.42 Å². The monoisotopic (exact) mass is 408 g/mol. The quantitative estimate of drug-likeness (QED) is 0.706. The van der Waals surface area contributed by atoms with Crippen LogP contribution >= 0.6 is 38.9 Å². The van der Waals surface area contributed by atoms with Gasteiger partial charge in [-0.3, -0.25) is 4.98 Å². The van der Waals surface area contributed by atoms with Crippen LogP contribution in [-0.4, -0.2) is 24.8 Å². The van der Waals surface area contributed by atoms with Crippen LogP contribution in [0.5, 0.6) is 0 Å². The Morgan fingerprint density at radius 1 is 1.43 bits per heavy atom. The second-order valence-corrected chi connectivity index (χ2v) is 9.25. The molecule has 0 aliphatic heterocycles. The van der Waals surface area contributed by atoms with E-state index in [-0.39, 0.29) is 11.4 Å². The molecule has 0 amide bonds. The van der Waals surface area contributed by atoms with Gasteiger partial charge in [-0.15, -0.1) is 22.9 Å². The van der Waals surface area contributed by atoms with E-state index in [0.717, 1.165) is 10.6 Å². The van der Waals surface area contributed by atoms with Gasteiger partial charge in [0.1, 0.15) is 4.90 Å². The molecule has 2 aromatic heterocycles. The maximum atomic E-state index is 12.6. The zero-order valence-corrected chi connectivity index (χ0v) is 15.5. The summed E-state index contributed by atoms with van der Waals surface area (Å²) in [6.07, 6.45) is 0. The van der Waals surface area contributed by atoms with Gasteiger partial charge in [-0.25, -0.2) is 8.42 Å². The van der Waals surface area contributed by atoms with Crippen LogP contribution in [-0.2, 0) is 22.4 Å². The van der Waals surface area contributed by atoms with Gasteiger partial charge in [0, 0.05) is 17.6 Å². The van der Waals surface area contributed by atoms with Gasteiger partial charge in [0.25, 0.3) is 0 Å². The number of alkyl halides is 1. The number of nitrogens with zero attached hydrogens (tertiary/aromatic N) is 2. The Morgan fingerprint density at radius 3 is 2.71 bits per heavy atom. The third-order valence-electron chi connectivity index (χ3n) is 2.86. The minimum absolute atomic E-state index is 0.225. The Bertz CT molecular complexity index is 746. The highest BCUT2D eigenvalue weighted by Crippen LogP contribution is 2.34. The lowest BCUT2D eigenvalue weighted by molar-refractivity contribution is 0.462. The van der Waals surface area contributed by atoms with Crippen molar-refractivity contribution in [3.63, 3.8) is 0 Å². The van der Waals surface area contributed by atoms with E-state index in [2.05, 4.69) is 20.9 Å². The molecule has 0 unspecified atom stereocenters. The first-order chi connectivity index (χ1) is 9.84. The van der Waals surface area contributed by atoms with Crippen LogP contribution in [0.4, 0.5) is 0 Å². The fourth-order valence-electron chi connectivity index (χ4n) is 1.81. The average Bonchev–Trinajstić information content (AvgIpc) is 2.80. The maximum Gasteiger partial charge on any atom is 0.245 e. The van der Waals surface area contributed by atoms with E-state index in [9.17, 15) is 8.42 Å². The number of halogens is 2. The fourth-order valence-corrected chi connectivity index (χ4v) is 5.67. The lowest BCUT2D eigenvalue weighted by atomic mass is 10.3. The fraction of sp³-hybridized carbons (Fsp3) is 0.308. The van der Waals surface area contributed by atoms with Crippen molar-refractivity contribution in [1.82, 2.24) is 9.29 Å². The summed E-state index contributed by atoms with van der Waals surface area (Å²) in [5, 5.41) is 0. The standard InChI is InChI=1S/C13H14BrClN2O2S2/c1-9-4-3-5-10(16-9)8-17(2)21(18,19)12-6-11(7-15)20-13(12)14/h3-6H,7-8H2,1-2H3. The highest BCUT2D eigenvalue weighted by atomic mass is 79.9. The van der Waals surface area contributed by atoms with Crippen LogP contribution in [0.25, 0.3) is 0 Å². The Kier molecular flexibility index (Phi) is 5.43. The summed E-state index contributed by atoms with van der Waals surface area (Å²) >= 11 is 10.4. The number of aromatic nitrogens is 1. The van der Waals surface area contributed by atoms with Gasteiger partial charge in [-0.1, -0.05) is 6.07 Å². The number of sulfonamides is 1. The molecule has 0 aliphatic rings. The van der Waals surface area contributed by atoms with Crippen molar-refractivity contribution in [3.05, 3.63) is 44.3 Å². The third kappa shape index (κ3) is 3.84. The maximum absolute atomic E-state index is 12.6. The van der Waals surface area contributed by atoms with Gasteiger partial charge in [0.15, 0.2) is 0 Å². The van der Waals surface area contributed by atoms with Gasteiger partial charge in [-0.2, -0.15) is 4.31 Å². The molecule has 0 atom stereocenters. The highest BCUT2D eigenvalue weighted by Gasteiger charge is 2.26. The topological polar surface area (TPSA) is 50.3 Å². The average molecular weight is 410 g/mol. The lowest BCUT2D eigenvalue weighted by Gasteiger charge is -2.16. The van der Waals surface area contributed by atoms with Gasteiger partial charge >= 0.3 is 0 Å². The van der Waals surface area contributed by atoms with Gasteiger partial charge in [0.05, 0.1) is 21.9 Å². The Labute approximate surface area is 141 Å². The third-order valence-corrected chi connectivity index (χ3v) is 7.36. The molecule has 114 valence electrons. The largest absolute Gasteiger partial charge is 0.257 e. The van der Waals surface area contributed by atoms with Gasteiger partial charge < -0.3 is 0 Å². The molecular weight excluding hydrogens is 396 g/mol. The molecule has 0 aromatic carbocycles. The first-order valence-corrected chi connectivity index (χ1v) is 9.66. The van der Waals surface area contributed by atoms with Gasteiger partial charge in [0.2, 0.25) is 10.0 Å². The molecule has 21 heavy (non-hydrogen) atoms. The normalized spacial score (nSPS) is 12.0. The number of aryl methyl sites for hydroxylation is 1. The molecule has 2 rings (SSSR count). The van der Waals surface area contributed by atoms with E-state index in [1.807, 2.05) is 25.1 Å². The highest BCUT2D eigenvalue weighted by molar-refractivity contribution is 9.11. The van der Waals surface area contributed by atoms with Crippen molar-refractivity contribution in [1.29, 1.82) is 0 Å². The predicted octanol–water partition coefficient (Wildman–Crippen LogP) is 3.77. The molecule has 0 bridgehead atoms. The second kappa shape index (κ2) is 6.75.